The molecule has 0 radical (unpaired) electrons. The number of hydrogen-bond acceptors (Lipinski definition) is 4. The Kier molecular flexibility index (Phi) is 5.60. The van der Waals surface area contributed by atoms with E-state index in [0.29, 0.717) is 35.0 Å². The van der Waals surface area contributed by atoms with Crippen LogP contribution in [-0.2, 0) is 16.6 Å². The highest BCUT2D eigenvalue weighted by molar-refractivity contribution is 7.92. The molecule has 7 nitrogen and oxygen atoms in total. The molecule has 0 spiro atoms. The quantitative estimate of drug-likeness (QED) is 0.472. The van der Waals surface area contributed by atoms with Crippen molar-refractivity contribution in [2.75, 3.05) is 4.72 Å². The number of halogens is 1. The number of hydrogen-bond donors (Lipinski definition) is 1. The second-order valence-corrected chi connectivity index (χ2v) is 9.30. The highest BCUT2D eigenvalue weighted by Crippen LogP contribution is 2.28. The molecule has 2 heterocycles. The topological polar surface area (TPSA) is 81.8 Å². The van der Waals surface area contributed by atoms with Gasteiger partial charge in [0.05, 0.1) is 40.7 Å². The van der Waals surface area contributed by atoms with E-state index < -0.39 is 10.0 Å². The van der Waals surface area contributed by atoms with Gasteiger partial charge in [-0.1, -0.05) is 30.3 Å². The number of aromatic nitrogens is 4. The lowest BCUT2D eigenvalue weighted by Crippen LogP contribution is -2.16. The molecule has 0 aliphatic heterocycles. The minimum atomic E-state index is -3.91. The second-order valence-electron chi connectivity index (χ2n) is 7.68. The molecule has 1 N–H and O–H groups in total. The molecule has 0 saturated carbocycles. The van der Waals surface area contributed by atoms with E-state index in [0.717, 1.165) is 11.3 Å². The average molecular weight is 454 g/mol. The number of sulfonamides is 1. The zero-order valence-corrected chi connectivity index (χ0v) is 19.1. The Labute approximate surface area is 186 Å². The molecular weight excluding hydrogens is 429 g/mol. The molecule has 2 aromatic heterocycles. The van der Waals surface area contributed by atoms with Crippen molar-refractivity contribution in [2.24, 2.45) is 0 Å². The predicted octanol–water partition coefficient (Wildman–Crippen LogP) is 4.29. The van der Waals surface area contributed by atoms with Crippen LogP contribution in [0.5, 0.6) is 0 Å². The van der Waals surface area contributed by atoms with Crippen LogP contribution in [0, 0.1) is 33.5 Å². The summed E-state index contributed by atoms with van der Waals surface area (Å²) in [6, 6.07) is 15.5. The Bertz CT molecular complexity index is 1370. The summed E-state index contributed by atoms with van der Waals surface area (Å²) in [5.74, 6) is -0.308. The summed E-state index contributed by atoms with van der Waals surface area (Å²) in [7, 11) is -3.91. The highest BCUT2D eigenvalue weighted by atomic mass is 32.2. The van der Waals surface area contributed by atoms with E-state index in [1.807, 2.05) is 30.3 Å². The van der Waals surface area contributed by atoms with Crippen LogP contribution in [0.3, 0.4) is 0 Å². The second kappa shape index (κ2) is 8.23. The number of rotatable bonds is 6. The van der Waals surface area contributed by atoms with E-state index in [4.69, 9.17) is 0 Å². The van der Waals surface area contributed by atoms with Gasteiger partial charge in [-0.25, -0.2) is 17.5 Å². The van der Waals surface area contributed by atoms with Crippen LogP contribution >= 0.6 is 0 Å². The summed E-state index contributed by atoms with van der Waals surface area (Å²) in [5, 5.41) is 8.93. The maximum Gasteiger partial charge on any atom is 0.265 e. The summed E-state index contributed by atoms with van der Waals surface area (Å²) < 4.78 is 45.9. The van der Waals surface area contributed by atoms with Gasteiger partial charge in [0.25, 0.3) is 10.0 Å². The molecule has 0 unspecified atom stereocenters. The van der Waals surface area contributed by atoms with Gasteiger partial charge in [0.15, 0.2) is 0 Å². The van der Waals surface area contributed by atoms with Crippen molar-refractivity contribution in [3.05, 3.63) is 88.8 Å². The fourth-order valence-electron chi connectivity index (χ4n) is 3.78. The molecule has 0 aliphatic rings. The molecule has 9 heteroatoms. The average Bonchev–Trinajstić information content (AvgIpc) is 3.20. The molecule has 0 saturated heterocycles. The van der Waals surface area contributed by atoms with E-state index >= 15 is 0 Å². The van der Waals surface area contributed by atoms with Gasteiger partial charge in [-0.15, -0.1) is 0 Å². The molecule has 0 bridgehead atoms. The summed E-state index contributed by atoms with van der Waals surface area (Å²) in [6.45, 7) is 7.37. The van der Waals surface area contributed by atoms with E-state index in [2.05, 4.69) is 14.9 Å². The molecule has 166 valence electrons. The minimum absolute atomic E-state index is 0.145. The summed E-state index contributed by atoms with van der Waals surface area (Å²) in [5.41, 5.74) is 4.23. The van der Waals surface area contributed by atoms with Crippen LogP contribution in [0.1, 0.15) is 28.3 Å². The predicted molar refractivity (Wildman–Crippen MR) is 121 cm³/mol. The van der Waals surface area contributed by atoms with Crippen molar-refractivity contribution in [3.8, 4) is 5.69 Å². The molecule has 2 aromatic carbocycles. The summed E-state index contributed by atoms with van der Waals surface area (Å²) in [6.07, 6.45) is 0. The van der Waals surface area contributed by atoms with E-state index in [1.165, 1.54) is 12.1 Å². The third-order valence-corrected chi connectivity index (χ3v) is 6.96. The lowest BCUT2D eigenvalue weighted by atomic mass is 10.2. The lowest BCUT2D eigenvalue weighted by Gasteiger charge is -2.10. The maximum atomic E-state index is 13.4. The van der Waals surface area contributed by atoms with Gasteiger partial charge in [0, 0.05) is 0 Å². The van der Waals surface area contributed by atoms with Crippen molar-refractivity contribution in [2.45, 2.75) is 39.1 Å². The molecular formula is C23H24FN5O2S. The Morgan fingerprint density at radius 3 is 2.19 bits per heavy atom. The van der Waals surface area contributed by atoms with Crippen LogP contribution < -0.4 is 4.72 Å². The number of anilines is 1. The Morgan fingerprint density at radius 2 is 1.53 bits per heavy atom. The standard InChI is InChI=1S/C23H24FN5O2S/c1-15-22(17(3)28(25-15)14-19-10-12-20(24)13-11-19)27-32(30,31)23-16(2)26-29(18(23)4)21-8-6-5-7-9-21/h5-13,27H,14H2,1-4H3. The highest BCUT2D eigenvalue weighted by Gasteiger charge is 2.27. The Morgan fingerprint density at radius 1 is 0.875 bits per heavy atom. The van der Waals surface area contributed by atoms with Crippen molar-refractivity contribution >= 4 is 15.7 Å². The number of benzene rings is 2. The van der Waals surface area contributed by atoms with Crippen LogP contribution in [0.25, 0.3) is 5.69 Å². The summed E-state index contributed by atoms with van der Waals surface area (Å²) >= 11 is 0. The van der Waals surface area contributed by atoms with Crippen molar-refractivity contribution in [3.63, 3.8) is 0 Å². The monoisotopic (exact) mass is 453 g/mol. The number of nitrogens with zero attached hydrogens (tertiary/aromatic N) is 4. The zero-order chi connectivity index (χ0) is 23.0. The van der Waals surface area contributed by atoms with Crippen molar-refractivity contribution < 1.29 is 12.8 Å². The Balaban J connectivity index is 1.67. The van der Waals surface area contributed by atoms with Gasteiger partial charge in [0.2, 0.25) is 0 Å². The fourth-order valence-corrected chi connectivity index (χ4v) is 5.36. The third-order valence-electron chi connectivity index (χ3n) is 5.36. The smallest absolute Gasteiger partial charge is 0.265 e. The third kappa shape index (κ3) is 4.03. The number of nitrogens with one attached hydrogen (secondary N) is 1. The first-order valence-electron chi connectivity index (χ1n) is 10.1. The minimum Gasteiger partial charge on any atom is -0.276 e. The molecule has 0 atom stereocenters. The lowest BCUT2D eigenvalue weighted by molar-refractivity contribution is 0.599. The molecule has 4 rings (SSSR count). The van der Waals surface area contributed by atoms with Crippen LogP contribution in [0.15, 0.2) is 59.5 Å². The van der Waals surface area contributed by atoms with Crippen molar-refractivity contribution in [1.29, 1.82) is 0 Å². The van der Waals surface area contributed by atoms with Gasteiger partial charge in [-0.3, -0.25) is 9.40 Å². The first-order valence-corrected chi connectivity index (χ1v) is 11.6. The fraction of sp³-hybridized carbons (Fsp3) is 0.217. The normalized spacial score (nSPS) is 11.7. The Hall–Kier alpha value is -3.46. The maximum absolute atomic E-state index is 13.4. The number of aryl methyl sites for hydroxylation is 2. The molecule has 0 fully saturated rings. The van der Waals surface area contributed by atoms with Crippen LogP contribution in [0.2, 0.25) is 0 Å². The SMILES string of the molecule is Cc1nn(Cc2ccc(F)cc2)c(C)c1NS(=O)(=O)c1c(C)nn(-c2ccccc2)c1C. The van der Waals surface area contributed by atoms with Gasteiger partial charge >= 0.3 is 0 Å². The van der Waals surface area contributed by atoms with E-state index in [-0.39, 0.29) is 10.7 Å². The largest absolute Gasteiger partial charge is 0.276 e. The first kappa shape index (κ1) is 21.8. The molecule has 0 amide bonds. The van der Waals surface area contributed by atoms with Gasteiger partial charge in [-0.2, -0.15) is 10.2 Å². The van der Waals surface area contributed by atoms with E-state index in [9.17, 15) is 12.8 Å². The van der Waals surface area contributed by atoms with E-state index in [1.54, 1.807) is 49.2 Å². The molecule has 32 heavy (non-hydrogen) atoms. The first-order chi connectivity index (χ1) is 15.2. The molecule has 0 aliphatic carbocycles. The van der Waals surface area contributed by atoms with Gasteiger partial charge in [-0.05, 0) is 57.5 Å². The molecule has 4 aromatic rings. The zero-order valence-electron chi connectivity index (χ0n) is 18.3. The van der Waals surface area contributed by atoms with Gasteiger partial charge < -0.3 is 0 Å². The number of para-hydroxylation sites is 1. The van der Waals surface area contributed by atoms with Gasteiger partial charge in [0.1, 0.15) is 10.7 Å². The van der Waals surface area contributed by atoms with Crippen molar-refractivity contribution in [1.82, 2.24) is 19.6 Å². The van der Waals surface area contributed by atoms with Crippen LogP contribution in [-0.4, -0.2) is 28.0 Å². The summed E-state index contributed by atoms with van der Waals surface area (Å²) in [4.78, 5) is 0.145. The van der Waals surface area contributed by atoms with Crippen LogP contribution in [0.4, 0.5) is 10.1 Å².